The normalized spacial score (nSPS) is 21.0. The van der Waals surface area contributed by atoms with Gasteiger partial charge < -0.3 is 29.6 Å². The van der Waals surface area contributed by atoms with Crippen LogP contribution in [0.15, 0.2) is 109 Å². The third-order valence-corrected chi connectivity index (χ3v) is 13.9. The van der Waals surface area contributed by atoms with Gasteiger partial charge >= 0.3 is 11.9 Å². The zero-order valence-corrected chi connectivity index (χ0v) is 39.2. The largest absolute Gasteiger partial charge is 0.497 e. The number of ether oxygens (including phenoxy) is 4. The SMILES string of the molecule is CCC(C)(C)C(=O)NC1CC2CC1C1CC(CNC(=O)/C=C/c3ccc(OC)cc3)CC21.CCC(C)(C)C(=O)Oc1ccc(-c2ccc(OC(=O)/C=C/c3ccc(OC)cc3)cc2)cc1. The molecule has 0 spiro atoms. The van der Waals surface area contributed by atoms with E-state index in [2.05, 4.69) is 17.6 Å². The lowest BCUT2D eigenvalue weighted by molar-refractivity contribution is -0.144. The third-order valence-electron chi connectivity index (χ3n) is 13.9. The molecule has 6 atom stereocenters. The molecule has 0 aromatic heterocycles. The molecular formula is C55H66N2O8. The number of methoxy groups -OCH3 is 2. The Kier molecular flexibility index (Phi) is 16.1. The molecule has 2 N–H and O–H groups in total. The molecule has 0 heterocycles. The first-order chi connectivity index (χ1) is 31.1. The van der Waals surface area contributed by atoms with Crippen molar-refractivity contribution in [3.8, 4) is 34.1 Å². The quantitative estimate of drug-likeness (QED) is 0.0647. The van der Waals surface area contributed by atoms with Crippen molar-refractivity contribution in [2.75, 3.05) is 20.8 Å². The van der Waals surface area contributed by atoms with Gasteiger partial charge in [0.05, 0.1) is 19.6 Å². The van der Waals surface area contributed by atoms with E-state index in [-0.39, 0.29) is 23.2 Å². The second kappa shape index (κ2) is 21.7. The Hall–Kier alpha value is -6.16. The Labute approximate surface area is 385 Å². The number of hydrogen-bond donors (Lipinski definition) is 2. The van der Waals surface area contributed by atoms with Gasteiger partial charge in [0.1, 0.15) is 23.0 Å². The molecule has 7 rings (SSSR count). The van der Waals surface area contributed by atoms with Crippen molar-refractivity contribution in [2.45, 2.75) is 86.1 Å². The van der Waals surface area contributed by atoms with Gasteiger partial charge in [-0.25, -0.2) is 4.79 Å². The van der Waals surface area contributed by atoms with Crippen LogP contribution in [0, 0.1) is 40.4 Å². The first kappa shape index (κ1) is 48.3. The summed E-state index contributed by atoms with van der Waals surface area (Å²) in [5, 5.41) is 6.50. The van der Waals surface area contributed by atoms with E-state index < -0.39 is 11.4 Å². The van der Waals surface area contributed by atoms with E-state index in [1.807, 2.05) is 113 Å². The van der Waals surface area contributed by atoms with Crippen LogP contribution in [0.5, 0.6) is 23.0 Å². The standard InChI is InChI=1S/C28H28O5.C27H38N2O3/c1-5-28(2,3)27(30)33-25-17-11-22(12-18-25)21-9-15-24(16-10-21)32-26(29)19-8-20-6-13-23(31-4)14-7-20;1-5-27(2,3)26(31)29-24-15-19-14-23(24)22-13-18(12-21(19)22)16-28-25(30)11-8-17-6-9-20(32-4)10-7-17/h6-19H,5H2,1-4H3;6-11,18-19,21-24H,5,12-16H2,1-4H3,(H,28,30)(H,29,31)/b19-8+;11-8+. The number of benzene rings is 4. The molecule has 344 valence electrons. The van der Waals surface area contributed by atoms with Crippen LogP contribution in [-0.2, 0) is 19.2 Å². The van der Waals surface area contributed by atoms with Crippen LogP contribution < -0.4 is 29.6 Å². The van der Waals surface area contributed by atoms with Crippen molar-refractivity contribution in [3.05, 3.63) is 120 Å². The Balaban J connectivity index is 0.000000215. The first-order valence-electron chi connectivity index (χ1n) is 23.0. The number of carbonyl (C=O) groups excluding carboxylic acids is 4. The van der Waals surface area contributed by atoms with Crippen LogP contribution in [0.25, 0.3) is 23.3 Å². The lowest BCUT2D eigenvalue weighted by Gasteiger charge is -2.34. The van der Waals surface area contributed by atoms with Gasteiger partial charge in [0.2, 0.25) is 11.8 Å². The molecule has 3 saturated carbocycles. The molecule has 10 heteroatoms. The zero-order valence-electron chi connectivity index (χ0n) is 39.2. The third kappa shape index (κ3) is 12.8. The van der Waals surface area contributed by atoms with Gasteiger partial charge in [0, 0.05) is 30.2 Å². The topological polar surface area (TPSA) is 129 Å². The average Bonchev–Trinajstić information content (AvgIpc) is 4.03. The molecule has 4 aromatic carbocycles. The van der Waals surface area contributed by atoms with Crippen LogP contribution in [0.4, 0.5) is 0 Å². The highest BCUT2D eigenvalue weighted by atomic mass is 16.5. The Morgan fingerprint density at radius 1 is 0.585 bits per heavy atom. The molecule has 4 aromatic rings. The predicted molar refractivity (Wildman–Crippen MR) is 256 cm³/mol. The fourth-order valence-electron chi connectivity index (χ4n) is 9.08. The molecule has 10 nitrogen and oxygen atoms in total. The predicted octanol–water partition coefficient (Wildman–Crippen LogP) is 10.8. The summed E-state index contributed by atoms with van der Waals surface area (Å²) >= 11 is 0. The number of rotatable bonds is 16. The monoisotopic (exact) mass is 882 g/mol. The Morgan fingerprint density at radius 2 is 1.08 bits per heavy atom. The summed E-state index contributed by atoms with van der Waals surface area (Å²) in [5.74, 6) is 5.41. The second-order valence-corrected chi connectivity index (χ2v) is 18.9. The molecule has 0 aliphatic heterocycles. The number of nitrogens with one attached hydrogen (secondary N) is 2. The lowest BCUT2D eigenvalue weighted by Crippen LogP contribution is -2.47. The van der Waals surface area contributed by atoms with E-state index >= 15 is 0 Å². The van der Waals surface area contributed by atoms with Gasteiger partial charge in [-0.3, -0.25) is 14.4 Å². The lowest BCUT2D eigenvalue weighted by atomic mass is 9.78. The summed E-state index contributed by atoms with van der Waals surface area (Å²) < 4.78 is 21.1. The van der Waals surface area contributed by atoms with Gasteiger partial charge in [-0.2, -0.15) is 0 Å². The highest BCUT2D eigenvalue weighted by molar-refractivity contribution is 5.91. The number of hydrogen-bond acceptors (Lipinski definition) is 8. The summed E-state index contributed by atoms with van der Waals surface area (Å²) in [5.41, 5.74) is 2.96. The van der Waals surface area contributed by atoms with E-state index in [9.17, 15) is 19.2 Å². The fourth-order valence-corrected chi connectivity index (χ4v) is 9.08. The van der Waals surface area contributed by atoms with E-state index in [4.69, 9.17) is 18.9 Å². The molecule has 3 aliphatic carbocycles. The van der Waals surface area contributed by atoms with Gasteiger partial charge in [-0.05, 0) is 165 Å². The minimum Gasteiger partial charge on any atom is -0.497 e. The van der Waals surface area contributed by atoms with Crippen molar-refractivity contribution in [1.29, 1.82) is 0 Å². The second-order valence-electron chi connectivity index (χ2n) is 18.9. The molecule has 0 radical (unpaired) electrons. The fraction of sp³-hybridized carbons (Fsp3) is 0.418. The maximum Gasteiger partial charge on any atom is 0.336 e. The molecule has 3 fully saturated rings. The smallest absolute Gasteiger partial charge is 0.336 e. The van der Waals surface area contributed by atoms with Crippen LogP contribution in [0.1, 0.15) is 91.2 Å². The van der Waals surface area contributed by atoms with Gasteiger partial charge in [0.15, 0.2) is 0 Å². The van der Waals surface area contributed by atoms with E-state index in [1.54, 1.807) is 50.6 Å². The van der Waals surface area contributed by atoms with Crippen LogP contribution in [-0.4, -0.2) is 50.6 Å². The molecule has 2 bridgehead atoms. The molecule has 0 saturated heterocycles. The van der Waals surface area contributed by atoms with Gasteiger partial charge in [-0.1, -0.05) is 76.2 Å². The van der Waals surface area contributed by atoms with Crippen LogP contribution in [0.3, 0.4) is 0 Å². The minimum absolute atomic E-state index is 0.0345. The van der Waals surface area contributed by atoms with Crippen molar-refractivity contribution < 1.29 is 38.1 Å². The summed E-state index contributed by atoms with van der Waals surface area (Å²) in [6, 6.07) is 29.9. The molecule has 2 amide bonds. The van der Waals surface area contributed by atoms with Crippen LogP contribution in [0.2, 0.25) is 0 Å². The molecule has 3 aliphatic rings. The minimum atomic E-state index is -0.518. The molecule has 65 heavy (non-hydrogen) atoms. The summed E-state index contributed by atoms with van der Waals surface area (Å²) in [7, 11) is 3.25. The zero-order chi connectivity index (χ0) is 46.7. The maximum absolute atomic E-state index is 12.7. The number of amides is 2. The van der Waals surface area contributed by atoms with Crippen molar-refractivity contribution in [3.63, 3.8) is 0 Å². The van der Waals surface area contributed by atoms with Crippen molar-refractivity contribution >= 4 is 35.9 Å². The summed E-state index contributed by atoms with van der Waals surface area (Å²) in [4.78, 5) is 49.3. The highest BCUT2D eigenvalue weighted by Crippen LogP contribution is 2.60. The first-order valence-corrected chi connectivity index (χ1v) is 23.0. The van der Waals surface area contributed by atoms with Crippen molar-refractivity contribution in [2.24, 2.45) is 40.4 Å². The van der Waals surface area contributed by atoms with Gasteiger partial charge in [0.25, 0.3) is 0 Å². The number of fused-ring (bicyclic) bond motifs is 5. The highest BCUT2D eigenvalue weighted by Gasteiger charge is 2.56. The number of esters is 2. The maximum atomic E-state index is 12.7. The Morgan fingerprint density at radius 3 is 1.60 bits per heavy atom. The molecular weight excluding hydrogens is 817 g/mol. The summed E-state index contributed by atoms with van der Waals surface area (Å²) in [6.07, 6.45) is 12.9. The van der Waals surface area contributed by atoms with E-state index in [0.29, 0.717) is 41.7 Å². The Bertz CT molecular complexity index is 2300. The van der Waals surface area contributed by atoms with Gasteiger partial charge in [-0.15, -0.1) is 0 Å². The molecule has 6 unspecified atom stereocenters. The summed E-state index contributed by atoms with van der Waals surface area (Å²) in [6.45, 7) is 12.6. The number of carbonyl (C=O) groups is 4. The van der Waals surface area contributed by atoms with Crippen molar-refractivity contribution in [1.82, 2.24) is 10.6 Å². The van der Waals surface area contributed by atoms with E-state index in [1.165, 1.54) is 25.3 Å². The van der Waals surface area contributed by atoms with E-state index in [0.717, 1.165) is 65.0 Å². The van der Waals surface area contributed by atoms with Crippen LogP contribution >= 0.6 is 0 Å². The average molecular weight is 883 g/mol.